The summed E-state index contributed by atoms with van der Waals surface area (Å²) in [5.74, 6) is 0. The minimum atomic E-state index is 0. The minimum absolute atomic E-state index is 0. The van der Waals surface area contributed by atoms with Gasteiger partial charge >= 0.3 is 0 Å². The van der Waals surface area contributed by atoms with Crippen LogP contribution in [0.25, 0.3) is 0 Å². The third-order valence-corrected chi connectivity index (χ3v) is 0.933. The van der Waals surface area contributed by atoms with Crippen molar-refractivity contribution in [2.75, 3.05) is 13.2 Å². The van der Waals surface area contributed by atoms with E-state index in [1.807, 2.05) is 0 Å². The van der Waals surface area contributed by atoms with Crippen molar-refractivity contribution in [3.05, 3.63) is 6.42 Å². The molecule has 2 heteroatoms. The third-order valence-electron chi connectivity index (χ3n) is 0.933. The maximum Gasteiger partial charge on any atom is 0.0195 e. The number of ether oxygens (including phenoxy) is 1. The first kappa shape index (κ1) is 7.65. The number of hydrogen-bond donors (Lipinski definition) is 0. The Labute approximate surface area is 58.7 Å². The zero-order valence-electron chi connectivity index (χ0n) is 4.22. The van der Waals surface area contributed by atoms with E-state index in [0.717, 1.165) is 26.1 Å². The Balaban J connectivity index is 0.000000360. The summed E-state index contributed by atoms with van der Waals surface area (Å²) in [7, 11) is 0. The summed E-state index contributed by atoms with van der Waals surface area (Å²) < 4.78 is 5.04. The van der Waals surface area contributed by atoms with Crippen LogP contribution in [0, 0.1) is 6.42 Å². The summed E-state index contributed by atoms with van der Waals surface area (Å²) >= 11 is 0. The van der Waals surface area contributed by atoms with E-state index in [9.17, 15) is 0 Å². The maximum absolute atomic E-state index is 5.04. The molecule has 0 amide bonds. The molecule has 0 bridgehead atoms. The molecule has 1 aliphatic heterocycles. The van der Waals surface area contributed by atoms with Crippen LogP contribution >= 0.6 is 0 Å². The van der Waals surface area contributed by atoms with Gasteiger partial charge in [-0.1, -0.05) is 0 Å². The van der Waals surface area contributed by atoms with Gasteiger partial charge in [0.1, 0.15) is 0 Å². The fourth-order valence-corrected chi connectivity index (χ4v) is 0.580. The van der Waals surface area contributed by atoms with Crippen LogP contribution < -0.4 is 0 Å². The van der Waals surface area contributed by atoms with E-state index >= 15 is 0 Å². The van der Waals surface area contributed by atoms with Crippen LogP contribution in [0.2, 0.25) is 0 Å². The molecule has 0 aromatic rings. The Morgan fingerprint density at radius 2 is 1.71 bits per heavy atom. The van der Waals surface area contributed by atoms with Gasteiger partial charge in [0.05, 0.1) is 0 Å². The van der Waals surface area contributed by atoms with Crippen molar-refractivity contribution in [3.63, 3.8) is 0 Å². The van der Waals surface area contributed by atoms with Gasteiger partial charge in [-0.05, 0) is 0 Å². The van der Waals surface area contributed by atoms with E-state index in [1.54, 1.807) is 0 Å². The molecule has 1 fully saturated rings. The first-order chi connectivity index (χ1) is 3.00. The van der Waals surface area contributed by atoms with Gasteiger partial charge in [0.2, 0.25) is 0 Å². The zero-order chi connectivity index (χ0) is 4.24. The molecule has 1 saturated heterocycles. The van der Waals surface area contributed by atoms with E-state index in [1.165, 1.54) is 0 Å². The molecule has 0 radical (unpaired) electrons. The molecule has 0 spiro atoms. The van der Waals surface area contributed by atoms with Gasteiger partial charge in [-0.25, -0.2) is 0 Å². The fourth-order valence-electron chi connectivity index (χ4n) is 0.580. The molecule has 42 valence electrons. The van der Waals surface area contributed by atoms with Crippen molar-refractivity contribution in [1.29, 1.82) is 0 Å². The zero-order valence-corrected chi connectivity index (χ0v) is 7.16. The normalized spacial score (nSPS) is 20.6. The van der Waals surface area contributed by atoms with Crippen molar-refractivity contribution < 1.29 is 25.8 Å². The molecule has 0 N–H and O–H groups in total. The second-order valence-corrected chi connectivity index (χ2v) is 1.48. The first-order valence-corrected chi connectivity index (χ1v) is 2.39. The van der Waals surface area contributed by atoms with Crippen molar-refractivity contribution >= 4 is 0 Å². The largest absolute Gasteiger partial charge is 0.387 e. The van der Waals surface area contributed by atoms with Gasteiger partial charge in [0.15, 0.2) is 0 Å². The molecular weight excluding hydrogens is 260 g/mol. The summed E-state index contributed by atoms with van der Waals surface area (Å²) in [4.78, 5) is 0. The van der Waals surface area contributed by atoms with Crippen molar-refractivity contribution in [2.24, 2.45) is 0 Å². The van der Waals surface area contributed by atoms with Crippen LogP contribution in [0.3, 0.4) is 0 Å². The molecule has 1 heterocycles. The molecule has 7 heavy (non-hydrogen) atoms. The van der Waals surface area contributed by atoms with Crippen LogP contribution in [-0.2, 0) is 25.8 Å². The van der Waals surface area contributed by atoms with Crippen LogP contribution in [0.4, 0.5) is 0 Å². The summed E-state index contributed by atoms with van der Waals surface area (Å²) in [5, 5.41) is 0. The molecule has 1 rings (SSSR count). The predicted octanol–water partition coefficient (Wildman–Crippen LogP) is 0.999. The second-order valence-electron chi connectivity index (χ2n) is 1.48. The summed E-state index contributed by atoms with van der Waals surface area (Å²) in [6.45, 7) is 1.89. The average molecular weight is 269 g/mol. The Bertz CT molecular complexity index is 23.6. The topological polar surface area (TPSA) is 9.23 Å². The smallest absolute Gasteiger partial charge is 0.0195 e. The van der Waals surface area contributed by atoms with E-state index in [0.29, 0.717) is 0 Å². The Hall–Kier alpha value is 0.648. The number of rotatable bonds is 0. The maximum atomic E-state index is 5.04. The quantitative estimate of drug-likeness (QED) is 0.596. The van der Waals surface area contributed by atoms with E-state index in [4.69, 9.17) is 4.74 Å². The molecule has 0 aromatic heterocycles. The van der Waals surface area contributed by atoms with Crippen molar-refractivity contribution in [3.8, 4) is 0 Å². The fraction of sp³-hybridized carbons (Fsp3) is 0.800. The third kappa shape index (κ3) is 3.25. The van der Waals surface area contributed by atoms with Crippen molar-refractivity contribution in [1.82, 2.24) is 0 Å². The number of hydrogen-bond acceptors (Lipinski definition) is 1. The first-order valence-electron chi connectivity index (χ1n) is 2.39. The summed E-state index contributed by atoms with van der Waals surface area (Å²) in [6.07, 6.45) is 4.57. The molecule has 0 atom stereocenters. The predicted molar refractivity (Wildman–Crippen MR) is 24.4 cm³/mol. The van der Waals surface area contributed by atoms with Gasteiger partial charge < -0.3 is 11.2 Å². The average Bonchev–Trinajstić information content (AvgIpc) is 1.72. The van der Waals surface area contributed by atoms with Gasteiger partial charge in [0.25, 0.3) is 0 Å². The van der Waals surface area contributed by atoms with E-state index < -0.39 is 0 Å². The summed E-state index contributed by atoms with van der Waals surface area (Å²) in [6, 6.07) is 0. The Kier molecular flexibility index (Phi) is 5.24. The van der Waals surface area contributed by atoms with Crippen LogP contribution in [0.5, 0.6) is 0 Å². The molecule has 0 aliphatic carbocycles. The summed E-state index contributed by atoms with van der Waals surface area (Å²) in [5.41, 5.74) is 0. The molecule has 0 unspecified atom stereocenters. The van der Waals surface area contributed by atoms with Crippen LogP contribution in [0.15, 0.2) is 0 Å². The van der Waals surface area contributed by atoms with E-state index in [-0.39, 0.29) is 21.1 Å². The van der Waals surface area contributed by atoms with Gasteiger partial charge in [-0.3, -0.25) is 0 Å². The standard InChI is InChI=1S/C5H9O.W/c1-2-4-6-5-3-1;/h1H,2-5H2;/q-1;. The molecule has 1 nitrogen and oxygen atoms in total. The monoisotopic (exact) mass is 269 g/mol. The molecule has 1 aliphatic rings. The van der Waals surface area contributed by atoms with Crippen molar-refractivity contribution in [2.45, 2.75) is 12.8 Å². The van der Waals surface area contributed by atoms with Gasteiger partial charge in [0, 0.05) is 34.3 Å². The second kappa shape index (κ2) is 4.80. The van der Waals surface area contributed by atoms with Crippen LogP contribution in [0.1, 0.15) is 12.8 Å². The molecule has 0 saturated carbocycles. The minimum Gasteiger partial charge on any atom is -0.387 e. The van der Waals surface area contributed by atoms with Gasteiger partial charge in [-0.15, -0.1) is 0 Å². The molecular formula is C5H9OW-. The Morgan fingerprint density at radius 3 is 1.86 bits per heavy atom. The van der Waals surface area contributed by atoms with E-state index in [2.05, 4.69) is 6.42 Å². The SMILES string of the molecule is [CH-]1CCOCC1.[W]. The van der Waals surface area contributed by atoms with Gasteiger partial charge in [-0.2, -0.15) is 12.8 Å². The molecule has 0 aromatic carbocycles. The van der Waals surface area contributed by atoms with Crippen LogP contribution in [-0.4, -0.2) is 13.2 Å². The Morgan fingerprint density at radius 1 is 1.14 bits per heavy atom.